The molecule has 0 fully saturated rings. The molecule has 0 saturated heterocycles. The molecule has 0 saturated carbocycles. The van der Waals surface area contributed by atoms with E-state index in [1.165, 1.54) is 0 Å². The average molecular weight is 247 g/mol. The van der Waals surface area contributed by atoms with Gasteiger partial charge < -0.3 is 9.73 Å². The maximum atomic E-state index is 5.60. The van der Waals surface area contributed by atoms with Gasteiger partial charge in [0, 0.05) is 0 Å². The van der Waals surface area contributed by atoms with Crippen molar-refractivity contribution in [2.75, 3.05) is 6.54 Å². The fraction of sp³-hybridized carbons (Fsp3) is 0.500. The second-order valence-electron chi connectivity index (χ2n) is 4.16. The summed E-state index contributed by atoms with van der Waals surface area (Å²) in [6.45, 7) is 7.40. The second kappa shape index (κ2) is 5.68. The Hall–Kier alpha value is -1.82. The van der Waals surface area contributed by atoms with Crippen molar-refractivity contribution >= 4 is 0 Å². The molecule has 0 radical (unpaired) electrons. The van der Waals surface area contributed by atoms with E-state index in [0.29, 0.717) is 18.3 Å². The molecule has 6 nitrogen and oxygen atoms in total. The highest BCUT2D eigenvalue weighted by Gasteiger charge is 2.12. The molecular formula is C12H17N5O. The summed E-state index contributed by atoms with van der Waals surface area (Å²) in [4.78, 5) is 0. The Morgan fingerprint density at radius 1 is 1.17 bits per heavy atom. The minimum absolute atomic E-state index is 0.499. The molecule has 0 bridgehead atoms. The van der Waals surface area contributed by atoms with Gasteiger partial charge in [-0.05, 0) is 32.9 Å². The Kier molecular flexibility index (Phi) is 3.99. The highest BCUT2D eigenvalue weighted by atomic mass is 16.4. The van der Waals surface area contributed by atoms with Gasteiger partial charge in [-0.3, -0.25) is 0 Å². The van der Waals surface area contributed by atoms with Crippen LogP contribution in [0.15, 0.2) is 10.5 Å². The van der Waals surface area contributed by atoms with Gasteiger partial charge in [0.25, 0.3) is 0 Å². The summed E-state index contributed by atoms with van der Waals surface area (Å²) in [6.07, 6.45) is 1.08. The Balaban J connectivity index is 2.16. The molecule has 0 spiro atoms. The molecule has 0 atom stereocenters. The summed E-state index contributed by atoms with van der Waals surface area (Å²) in [5.74, 6) is 1.09. The number of aryl methyl sites for hydroxylation is 2. The van der Waals surface area contributed by atoms with Crippen LogP contribution in [0.4, 0.5) is 0 Å². The van der Waals surface area contributed by atoms with Gasteiger partial charge in [-0.1, -0.05) is 6.92 Å². The van der Waals surface area contributed by atoms with Gasteiger partial charge in [-0.25, -0.2) is 0 Å². The van der Waals surface area contributed by atoms with E-state index in [0.717, 1.165) is 29.9 Å². The summed E-state index contributed by atoms with van der Waals surface area (Å²) in [5.41, 5.74) is 2.47. The Bertz CT molecular complexity index is 523. The summed E-state index contributed by atoms with van der Waals surface area (Å²) < 4.78 is 5.60. The molecule has 0 aromatic carbocycles. The van der Waals surface area contributed by atoms with Crippen molar-refractivity contribution in [3.8, 4) is 11.5 Å². The van der Waals surface area contributed by atoms with Gasteiger partial charge in [0.1, 0.15) is 0 Å². The van der Waals surface area contributed by atoms with Crippen molar-refractivity contribution in [3.63, 3.8) is 0 Å². The summed E-state index contributed by atoms with van der Waals surface area (Å²) >= 11 is 0. The van der Waals surface area contributed by atoms with Gasteiger partial charge in [0.15, 0.2) is 0 Å². The predicted octanol–water partition coefficient (Wildman–Crippen LogP) is 1.64. The number of hydrogen-bond acceptors (Lipinski definition) is 6. The minimum atomic E-state index is 0.499. The van der Waals surface area contributed by atoms with Crippen LogP contribution in [0.2, 0.25) is 0 Å². The first-order chi connectivity index (χ1) is 8.70. The van der Waals surface area contributed by atoms with Gasteiger partial charge in [0.05, 0.1) is 23.5 Å². The lowest BCUT2D eigenvalue weighted by molar-refractivity contribution is 0.477. The molecule has 0 aliphatic carbocycles. The molecule has 1 N–H and O–H groups in total. The summed E-state index contributed by atoms with van der Waals surface area (Å²) in [5, 5.41) is 19.3. The van der Waals surface area contributed by atoms with E-state index in [1.54, 1.807) is 0 Å². The maximum Gasteiger partial charge on any atom is 0.249 e. The zero-order chi connectivity index (χ0) is 13.0. The number of nitrogens with one attached hydrogen (secondary N) is 1. The van der Waals surface area contributed by atoms with Crippen LogP contribution in [0, 0.1) is 13.8 Å². The fourth-order valence-corrected chi connectivity index (χ4v) is 1.57. The molecule has 96 valence electrons. The molecule has 2 aromatic rings. The molecular weight excluding hydrogens is 230 g/mol. The third-order valence-electron chi connectivity index (χ3n) is 2.50. The average Bonchev–Trinajstić information content (AvgIpc) is 2.81. The molecule has 2 heterocycles. The summed E-state index contributed by atoms with van der Waals surface area (Å²) in [7, 11) is 0. The monoisotopic (exact) mass is 247 g/mol. The number of hydrogen-bond donors (Lipinski definition) is 1. The topological polar surface area (TPSA) is 76.7 Å². The first kappa shape index (κ1) is 12.6. The van der Waals surface area contributed by atoms with Crippen LogP contribution in [0.25, 0.3) is 11.5 Å². The van der Waals surface area contributed by atoms with Crippen molar-refractivity contribution in [3.05, 3.63) is 23.3 Å². The van der Waals surface area contributed by atoms with Gasteiger partial charge in [-0.2, -0.15) is 10.2 Å². The highest BCUT2D eigenvalue weighted by molar-refractivity contribution is 5.55. The number of nitrogens with zero attached hydrogens (tertiary/aromatic N) is 4. The van der Waals surface area contributed by atoms with Crippen molar-refractivity contribution in [2.24, 2.45) is 0 Å². The number of rotatable bonds is 5. The first-order valence-electron chi connectivity index (χ1n) is 6.05. The third kappa shape index (κ3) is 2.89. The van der Waals surface area contributed by atoms with Crippen molar-refractivity contribution < 1.29 is 4.42 Å². The van der Waals surface area contributed by atoms with E-state index in [-0.39, 0.29) is 0 Å². The zero-order valence-corrected chi connectivity index (χ0v) is 10.9. The largest absolute Gasteiger partial charge is 0.419 e. The van der Waals surface area contributed by atoms with E-state index in [2.05, 4.69) is 32.6 Å². The third-order valence-corrected chi connectivity index (χ3v) is 2.50. The molecule has 2 aromatic heterocycles. The lowest BCUT2D eigenvalue weighted by Gasteiger charge is -2.00. The van der Waals surface area contributed by atoms with Gasteiger partial charge in [0.2, 0.25) is 11.8 Å². The van der Waals surface area contributed by atoms with Crippen LogP contribution in [-0.2, 0) is 6.54 Å². The SMILES string of the molecule is CCCNCc1nnc(-c2cc(C)nnc2C)o1. The first-order valence-corrected chi connectivity index (χ1v) is 6.05. The molecule has 18 heavy (non-hydrogen) atoms. The van der Waals surface area contributed by atoms with Crippen LogP contribution in [0.3, 0.4) is 0 Å². The van der Waals surface area contributed by atoms with Crippen molar-refractivity contribution in [2.45, 2.75) is 33.7 Å². The van der Waals surface area contributed by atoms with Gasteiger partial charge in [-0.15, -0.1) is 10.2 Å². The maximum absolute atomic E-state index is 5.60. The van der Waals surface area contributed by atoms with Crippen LogP contribution >= 0.6 is 0 Å². The van der Waals surface area contributed by atoms with Crippen molar-refractivity contribution in [1.29, 1.82) is 0 Å². The Morgan fingerprint density at radius 2 is 2.00 bits per heavy atom. The van der Waals surface area contributed by atoms with E-state index in [1.807, 2.05) is 19.9 Å². The molecule has 6 heteroatoms. The molecule has 0 aliphatic rings. The van der Waals surface area contributed by atoms with Gasteiger partial charge >= 0.3 is 0 Å². The lowest BCUT2D eigenvalue weighted by atomic mass is 10.2. The highest BCUT2D eigenvalue weighted by Crippen LogP contribution is 2.20. The normalized spacial score (nSPS) is 10.8. The van der Waals surface area contributed by atoms with E-state index < -0.39 is 0 Å². The van der Waals surface area contributed by atoms with E-state index in [9.17, 15) is 0 Å². The zero-order valence-electron chi connectivity index (χ0n) is 10.9. The molecule has 0 unspecified atom stereocenters. The molecule has 2 rings (SSSR count). The Morgan fingerprint density at radius 3 is 2.78 bits per heavy atom. The smallest absolute Gasteiger partial charge is 0.249 e. The lowest BCUT2D eigenvalue weighted by Crippen LogP contribution is -2.13. The second-order valence-corrected chi connectivity index (χ2v) is 4.16. The number of aromatic nitrogens is 4. The Labute approximate surface area is 106 Å². The van der Waals surface area contributed by atoms with E-state index >= 15 is 0 Å². The van der Waals surface area contributed by atoms with Crippen LogP contribution in [0.1, 0.15) is 30.6 Å². The minimum Gasteiger partial charge on any atom is -0.419 e. The fourth-order valence-electron chi connectivity index (χ4n) is 1.57. The van der Waals surface area contributed by atoms with Crippen LogP contribution in [-0.4, -0.2) is 26.9 Å². The standard InChI is InChI=1S/C12H17N5O/c1-4-5-13-7-11-16-17-12(18-11)10-6-8(2)14-15-9(10)3/h6,13H,4-5,7H2,1-3H3. The molecule has 0 aliphatic heterocycles. The van der Waals surface area contributed by atoms with E-state index in [4.69, 9.17) is 4.42 Å². The van der Waals surface area contributed by atoms with Crippen molar-refractivity contribution in [1.82, 2.24) is 25.7 Å². The predicted molar refractivity (Wildman–Crippen MR) is 66.8 cm³/mol. The van der Waals surface area contributed by atoms with Crippen LogP contribution < -0.4 is 5.32 Å². The summed E-state index contributed by atoms with van der Waals surface area (Å²) in [6, 6.07) is 1.90. The van der Waals surface area contributed by atoms with Crippen LogP contribution in [0.5, 0.6) is 0 Å². The molecule has 0 amide bonds. The quantitative estimate of drug-likeness (QED) is 0.809.